The molecule has 2 heterocycles. The predicted molar refractivity (Wildman–Crippen MR) is 107 cm³/mol. The summed E-state index contributed by atoms with van der Waals surface area (Å²) in [5, 5.41) is 4.68. The second-order valence-electron chi connectivity index (χ2n) is 5.26. The largest absolute Gasteiger partial charge is 0.321 e. The van der Waals surface area contributed by atoms with Crippen molar-refractivity contribution in [2.24, 2.45) is 0 Å². The van der Waals surface area contributed by atoms with Crippen molar-refractivity contribution in [2.75, 3.05) is 5.32 Å². The zero-order valence-corrected chi connectivity index (χ0v) is 15.8. The third-order valence-corrected chi connectivity index (χ3v) is 6.18. The fourth-order valence-corrected chi connectivity index (χ4v) is 4.82. The van der Waals surface area contributed by atoms with Crippen LogP contribution in [0.4, 0.5) is 5.69 Å². The fourth-order valence-electron chi connectivity index (χ4n) is 2.37. The Morgan fingerprint density at radius 1 is 0.960 bits per heavy atom. The molecule has 25 heavy (non-hydrogen) atoms. The van der Waals surface area contributed by atoms with E-state index in [2.05, 4.69) is 10.3 Å². The highest BCUT2D eigenvalue weighted by Gasteiger charge is 2.14. The molecule has 0 fully saturated rings. The monoisotopic (exact) mass is 404 g/mol. The maximum absolute atomic E-state index is 12.4. The van der Waals surface area contributed by atoms with Crippen molar-refractivity contribution in [3.63, 3.8) is 0 Å². The molecule has 3 nitrogen and oxygen atoms in total. The number of carbonyl (C=O) groups is 1. The van der Waals surface area contributed by atoms with Crippen molar-refractivity contribution in [3.05, 3.63) is 69.5 Å². The van der Waals surface area contributed by atoms with E-state index in [9.17, 15) is 4.79 Å². The van der Waals surface area contributed by atoms with Crippen LogP contribution in [0.25, 0.3) is 20.1 Å². The molecule has 1 amide bonds. The van der Waals surface area contributed by atoms with Crippen molar-refractivity contribution < 1.29 is 4.79 Å². The highest BCUT2D eigenvalue weighted by atomic mass is 35.5. The highest BCUT2D eigenvalue weighted by molar-refractivity contribution is 7.26. The SMILES string of the molecule is O=C(Nc1cc(Cl)cc(Cl)c1)c1ccc(-c2nc3ccccc3s2)s1. The molecule has 0 aliphatic carbocycles. The zero-order valence-electron chi connectivity index (χ0n) is 12.6. The fraction of sp³-hybridized carbons (Fsp3) is 0. The lowest BCUT2D eigenvalue weighted by Gasteiger charge is -2.04. The molecule has 0 radical (unpaired) electrons. The number of nitrogens with zero attached hydrogens (tertiary/aromatic N) is 1. The van der Waals surface area contributed by atoms with Gasteiger partial charge in [-0.25, -0.2) is 4.98 Å². The van der Waals surface area contributed by atoms with Crippen LogP contribution in [-0.4, -0.2) is 10.9 Å². The van der Waals surface area contributed by atoms with Gasteiger partial charge in [0.1, 0.15) is 5.01 Å². The van der Waals surface area contributed by atoms with Gasteiger partial charge in [0.15, 0.2) is 0 Å². The third kappa shape index (κ3) is 3.55. The first-order valence-corrected chi connectivity index (χ1v) is 9.70. The van der Waals surface area contributed by atoms with E-state index in [-0.39, 0.29) is 5.91 Å². The van der Waals surface area contributed by atoms with Gasteiger partial charge in [-0.2, -0.15) is 0 Å². The van der Waals surface area contributed by atoms with Gasteiger partial charge in [-0.05, 0) is 42.5 Å². The number of hydrogen-bond donors (Lipinski definition) is 1. The van der Waals surface area contributed by atoms with Crippen LogP contribution in [0.5, 0.6) is 0 Å². The number of fused-ring (bicyclic) bond motifs is 1. The second-order valence-corrected chi connectivity index (χ2v) is 8.25. The number of rotatable bonds is 3. The van der Waals surface area contributed by atoms with Gasteiger partial charge in [0.2, 0.25) is 0 Å². The highest BCUT2D eigenvalue weighted by Crippen LogP contribution is 2.34. The number of aromatic nitrogens is 1. The summed E-state index contributed by atoms with van der Waals surface area (Å²) in [4.78, 5) is 18.6. The maximum Gasteiger partial charge on any atom is 0.265 e. The molecule has 4 rings (SSSR count). The lowest BCUT2D eigenvalue weighted by molar-refractivity contribution is 0.103. The lowest BCUT2D eigenvalue weighted by Crippen LogP contribution is -2.09. The standard InChI is InChI=1S/C18H10Cl2N2OS2/c19-10-7-11(20)9-12(8-10)21-17(23)15-5-6-16(24-15)18-22-13-3-1-2-4-14(13)25-18/h1-9H,(H,21,23). The van der Waals surface area contributed by atoms with Crippen molar-refractivity contribution >= 4 is 67.7 Å². The molecule has 0 atom stereocenters. The number of thiophene rings is 1. The number of benzene rings is 2. The van der Waals surface area contributed by atoms with Gasteiger partial charge >= 0.3 is 0 Å². The van der Waals surface area contributed by atoms with E-state index < -0.39 is 0 Å². The van der Waals surface area contributed by atoms with Crippen LogP contribution in [0.2, 0.25) is 10.0 Å². The Balaban J connectivity index is 1.58. The van der Waals surface area contributed by atoms with E-state index >= 15 is 0 Å². The first-order valence-electron chi connectivity index (χ1n) is 7.32. The van der Waals surface area contributed by atoms with E-state index in [0.717, 1.165) is 20.1 Å². The molecule has 4 aromatic rings. The van der Waals surface area contributed by atoms with Crippen LogP contribution in [0.3, 0.4) is 0 Å². The topological polar surface area (TPSA) is 42.0 Å². The molecule has 0 saturated carbocycles. The molecule has 1 N–H and O–H groups in total. The number of thiazole rings is 1. The Morgan fingerprint density at radius 3 is 2.48 bits per heavy atom. The summed E-state index contributed by atoms with van der Waals surface area (Å²) < 4.78 is 1.13. The van der Waals surface area contributed by atoms with Gasteiger partial charge in [-0.1, -0.05) is 35.3 Å². The normalized spacial score (nSPS) is 11.0. The molecule has 0 aliphatic heterocycles. The van der Waals surface area contributed by atoms with Crippen LogP contribution in [0.15, 0.2) is 54.6 Å². The van der Waals surface area contributed by atoms with Gasteiger partial charge in [-0.3, -0.25) is 4.79 Å². The van der Waals surface area contributed by atoms with Crippen LogP contribution in [0.1, 0.15) is 9.67 Å². The summed E-state index contributed by atoms with van der Waals surface area (Å²) in [7, 11) is 0. The minimum absolute atomic E-state index is 0.198. The van der Waals surface area contributed by atoms with Gasteiger partial charge < -0.3 is 5.32 Å². The van der Waals surface area contributed by atoms with Crippen LogP contribution < -0.4 is 5.32 Å². The summed E-state index contributed by atoms with van der Waals surface area (Å²) in [5.74, 6) is -0.198. The number of amides is 1. The lowest BCUT2D eigenvalue weighted by atomic mass is 10.3. The van der Waals surface area contributed by atoms with E-state index in [0.29, 0.717) is 20.6 Å². The minimum atomic E-state index is -0.198. The molecule has 0 saturated heterocycles. The number of hydrogen-bond acceptors (Lipinski definition) is 4. The van der Waals surface area contributed by atoms with Crippen LogP contribution in [-0.2, 0) is 0 Å². The summed E-state index contributed by atoms with van der Waals surface area (Å²) >= 11 is 14.9. The average Bonchev–Trinajstić information content (AvgIpc) is 3.20. The summed E-state index contributed by atoms with van der Waals surface area (Å²) in [5.41, 5.74) is 1.54. The Bertz CT molecular complexity index is 1030. The summed E-state index contributed by atoms with van der Waals surface area (Å²) in [6.07, 6.45) is 0. The quantitative estimate of drug-likeness (QED) is 0.418. The number of anilines is 1. The number of para-hydroxylation sites is 1. The Hall–Kier alpha value is -1.92. The number of carbonyl (C=O) groups excluding carboxylic acids is 1. The third-order valence-electron chi connectivity index (χ3n) is 3.45. The van der Waals surface area contributed by atoms with E-state index in [1.54, 1.807) is 35.6 Å². The number of nitrogens with one attached hydrogen (secondary N) is 1. The van der Waals surface area contributed by atoms with Gasteiger partial charge in [-0.15, -0.1) is 22.7 Å². The smallest absolute Gasteiger partial charge is 0.265 e. The molecule has 0 aliphatic rings. The van der Waals surface area contributed by atoms with E-state index in [1.165, 1.54) is 11.3 Å². The zero-order chi connectivity index (χ0) is 17.4. The molecule has 0 spiro atoms. The maximum atomic E-state index is 12.4. The molecule has 0 unspecified atom stereocenters. The molecule has 0 bridgehead atoms. The Morgan fingerprint density at radius 2 is 1.72 bits per heavy atom. The Labute approximate surface area is 161 Å². The van der Waals surface area contributed by atoms with Gasteiger partial charge in [0.25, 0.3) is 5.91 Å². The van der Waals surface area contributed by atoms with Crippen molar-refractivity contribution in [3.8, 4) is 9.88 Å². The van der Waals surface area contributed by atoms with E-state index in [1.807, 2.05) is 30.3 Å². The molecular weight excluding hydrogens is 395 g/mol. The first-order chi connectivity index (χ1) is 12.1. The van der Waals surface area contributed by atoms with Gasteiger partial charge in [0.05, 0.1) is 20.0 Å². The van der Waals surface area contributed by atoms with Crippen LogP contribution >= 0.6 is 45.9 Å². The average molecular weight is 405 g/mol. The Kier molecular flexibility index (Phi) is 4.48. The second kappa shape index (κ2) is 6.77. The van der Waals surface area contributed by atoms with Crippen molar-refractivity contribution in [1.29, 1.82) is 0 Å². The first kappa shape index (κ1) is 16.5. The summed E-state index contributed by atoms with van der Waals surface area (Å²) in [6, 6.07) is 16.6. The molecule has 2 aromatic heterocycles. The van der Waals surface area contributed by atoms with Crippen molar-refractivity contribution in [1.82, 2.24) is 4.98 Å². The summed E-state index contributed by atoms with van der Waals surface area (Å²) in [6.45, 7) is 0. The van der Waals surface area contributed by atoms with Crippen LogP contribution in [0, 0.1) is 0 Å². The van der Waals surface area contributed by atoms with Gasteiger partial charge in [0, 0.05) is 15.7 Å². The van der Waals surface area contributed by atoms with E-state index in [4.69, 9.17) is 23.2 Å². The van der Waals surface area contributed by atoms with Crippen molar-refractivity contribution in [2.45, 2.75) is 0 Å². The molecular formula is C18H10Cl2N2OS2. The molecule has 7 heteroatoms. The number of halogens is 2. The molecule has 124 valence electrons. The molecule has 2 aromatic carbocycles. The minimum Gasteiger partial charge on any atom is -0.321 e. The predicted octanol–water partition coefficient (Wildman–Crippen LogP) is 6.58.